The van der Waals surface area contributed by atoms with Gasteiger partial charge in [0.25, 0.3) is 0 Å². The highest BCUT2D eigenvalue weighted by molar-refractivity contribution is 5.58. The van der Waals surface area contributed by atoms with Crippen LogP contribution in [0.25, 0.3) is 5.69 Å². The third-order valence-electron chi connectivity index (χ3n) is 2.61. The van der Waals surface area contributed by atoms with Gasteiger partial charge in [-0.25, -0.2) is 9.67 Å². The Morgan fingerprint density at radius 3 is 2.59 bits per heavy atom. The summed E-state index contributed by atoms with van der Waals surface area (Å²) in [4.78, 5) is 4.27. The van der Waals surface area contributed by atoms with Crippen LogP contribution in [0.5, 0.6) is 0 Å². The zero-order valence-corrected chi connectivity index (χ0v) is 10.2. The molecular weight excluding hydrogens is 214 g/mol. The molecule has 1 aromatic carbocycles. The highest BCUT2D eigenvalue weighted by Gasteiger charge is 2.11. The smallest absolute Gasteiger partial charge is 0.175 e. The van der Waals surface area contributed by atoms with Crippen LogP contribution in [0.15, 0.2) is 35.3 Å². The van der Waals surface area contributed by atoms with E-state index < -0.39 is 0 Å². The lowest BCUT2D eigenvalue weighted by atomic mass is 10.3. The average Bonchev–Trinajstić information content (AvgIpc) is 2.65. The van der Waals surface area contributed by atoms with Gasteiger partial charge in [0.05, 0.1) is 18.5 Å². The number of methoxy groups -OCH3 is 1. The molecule has 2 aromatic rings. The van der Waals surface area contributed by atoms with E-state index in [1.165, 1.54) is 6.40 Å². The van der Waals surface area contributed by atoms with Crippen molar-refractivity contribution < 1.29 is 4.74 Å². The largest absolute Gasteiger partial charge is 0.486 e. The van der Waals surface area contributed by atoms with Crippen molar-refractivity contribution in [1.29, 1.82) is 0 Å². The van der Waals surface area contributed by atoms with E-state index in [0.29, 0.717) is 0 Å². The van der Waals surface area contributed by atoms with Crippen molar-refractivity contribution >= 4 is 12.2 Å². The number of hydrogen-bond donors (Lipinski definition) is 0. The van der Waals surface area contributed by atoms with Crippen LogP contribution in [-0.2, 0) is 4.74 Å². The molecule has 0 bridgehead atoms. The number of ether oxygens (including phenoxy) is 1. The van der Waals surface area contributed by atoms with Gasteiger partial charge in [0.1, 0.15) is 0 Å². The molecule has 0 fully saturated rings. The molecule has 0 aliphatic rings. The molecule has 0 radical (unpaired) electrons. The van der Waals surface area contributed by atoms with Gasteiger partial charge in [0, 0.05) is 5.56 Å². The maximum absolute atomic E-state index is 4.87. The van der Waals surface area contributed by atoms with Crippen molar-refractivity contribution in [2.75, 3.05) is 7.11 Å². The van der Waals surface area contributed by atoms with Crippen LogP contribution in [0.2, 0.25) is 0 Å². The van der Waals surface area contributed by atoms with E-state index in [-0.39, 0.29) is 0 Å². The summed E-state index contributed by atoms with van der Waals surface area (Å²) in [6, 6.07) is 9.93. The second-order valence-electron chi connectivity index (χ2n) is 3.75. The molecule has 0 atom stereocenters. The standard InChI is InChI=1S/C13H15N3O/c1-10-11(2)15-16(13(10)14-9-17-3)12-7-5-4-6-8-12/h4-9H,1-3H3. The highest BCUT2D eigenvalue weighted by atomic mass is 16.5. The Morgan fingerprint density at radius 1 is 1.24 bits per heavy atom. The Bertz CT molecular complexity index is 529. The number of hydrogen-bond acceptors (Lipinski definition) is 3. The molecule has 0 aliphatic carbocycles. The summed E-state index contributed by atoms with van der Waals surface area (Å²) in [5, 5.41) is 4.48. The van der Waals surface area contributed by atoms with Gasteiger partial charge < -0.3 is 4.74 Å². The molecule has 1 aromatic heterocycles. The fraction of sp³-hybridized carbons (Fsp3) is 0.231. The highest BCUT2D eigenvalue weighted by Crippen LogP contribution is 2.24. The normalized spacial score (nSPS) is 11.0. The van der Waals surface area contributed by atoms with Crippen molar-refractivity contribution in [3.05, 3.63) is 41.6 Å². The summed E-state index contributed by atoms with van der Waals surface area (Å²) in [6.07, 6.45) is 1.42. The van der Waals surface area contributed by atoms with E-state index in [2.05, 4.69) is 10.1 Å². The molecule has 1 heterocycles. The first-order chi connectivity index (χ1) is 8.24. The molecule has 4 nitrogen and oxygen atoms in total. The number of para-hydroxylation sites is 1. The van der Waals surface area contributed by atoms with Gasteiger partial charge in [-0.3, -0.25) is 0 Å². The van der Waals surface area contributed by atoms with Crippen molar-refractivity contribution in [3.8, 4) is 5.69 Å². The first kappa shape index (κ1) is 11.4. The van der Waals surface area contributed by atoms with Crippen molar-refractivity contribution in [3.63, 3.8) is 0 Å². The fourth-order valence-electron chi connectivity index (χ4n) is 1.60. The van der Waals surface area contributed by atoms with Crippen LogP contribution in [-0.4, -0.2) is 23.3 Å². The second-order valence-corrected chi connectivity index (χ2v) is 3.75. The van der Waals surface area contributed by atoms with Crippen LogP contribution < -0.4 is 0 Å². The molecule has 0 saturated carbocycles. The molecule has 88 valence electrons. The number of aliphatic imine (C=N–C) groups is 1. The summed E-state index contributed by atoms with van der Waals surface area (Å²) < 4.78 is 6.69. The SMILES string of the molecule is COC=Nc1c(C)c(C)nn1-c1ccccc1. The topological polar surface area (TPSA) is 39.4 Å². The molecule has 0 unspecified atom stereocenters. The summed E-state index contributed by atoms with van der Waals surface area (Å²) in [6.45, 7) is 3.98. The predicted molar refractivity (Wildman–Crippen MR) is 68.2 cm³/mol. The molecule has 17 heavy (non-hydrogen) atoms. The zero-order chi connectivity index (χ0) is 12.3. The summed E-state index contributed by atoms with van der Waals surface area (Å²) >= 11 is 0. The molecule has 4 heteroatoms. The minimum Gasteiger partial charge on any atom is -0.486 e. The molecule has 2 rings (SSSR count). The van der Waals surface area contributed by atoms with Crippen molar-refractivity contribution in [1.82, 2.24) is 9.78 Å². The van der Waals surface area contributed by atoms with Gasteiger partial charge in [-0.05, 0) is 26.0 Å². The molecule has 0 saturated heterocycles. The predicted octanol–water partition coefficient (Wildman–Crippen LogP) is 2.80. The van der Waals surface area contributed by atoms with Crippen LogP contribution in [0.1, 0.15) is 11.3 Å². The molecule has 0 aliphatic heterocycles. The quantitative estimate of drug-likeness (QED) is 0.599. The monoisotopic (exact) mass is 229 g/mol. The Hall–Kier alpha value is -2.10. The van der Waals surface area contributed by atoms with Gasteiger partial charge in [-0.15, -0.1) is 0 Å². The second kappa shape index (κ2) is 4.82. The Morgan fingerprint density at radius 2 is 1.94 bits per heavy atom. The summed E-state index contributed by atoms with van der Waals surface area (Å²) in [5.41, 5.74) is 3.02. The van der Waals surface area contributed by atoms with Gasteiger partial charge in [-0.1, -0.05) is 18.2 Å². The first-order valence-electron chi connectivity index (χ1n) is 5.41. The summed E-state index contributed by atoms with van der Waals surface area (Å²) in [7, 11) is 1.58. The van der Waals surface area contributed by atoms with E-state index >= 15 is 0 Å². The van der Waals surface area contributed by atoms with Gasteiger partial charge in [0.2, 0.25) is 0 Å². The third-order valence-corrected chi connectivity index (χ3v) is 2.61. The van der Waals surface area contributed by atoms with Gasteiger partial charge in [0.15, 0.2) is 12.2 Å². The lowest BCUT2D eigenvalue weighted by Gasteiger charge is -2.03. The zero-order valence-electron chi connectivity index (χ0n) is 10.2. The van der Waals surface area contributed by atoms with Crippen LogP contribution >= 0.6 is 0 Å². The molecular formula is C13H15N3O. The molecule has 0 N–H and O–H groups in total. The van der Waals surface area contributed by atoms with Gasteiger partial charge >= 0.3 is 0 Å². The Kier molecular flexibility index (Phi) is 3.23. The minimum atomic E-state index is 0.801. The number of benzene rings is 1. The Balaban J connectivity index is 2.54. The van der Waals surface area contributed by atoms with E-state index in [0.717, 1.165) is 22.8 Å². The fourth-order valence-corrected chi connectivity index (χ4v) is 1.60. The van der Waals surface area contributed by atoms with E-state index in [4.69, 9.17) is 4.74 Å². The van der Waals surface area contributed by atoms with E-state index in [1.807, 2.05) is 48.9 Å². The van der Waals surface area contributed by atoms with Crippen molar-refractivity contribution in [2.24, 2.45) is 4.99 Å². The first-order valence-corrected chi connectivity index (χ1v) is 5.41. The lowest BCUT2D eigenvalue weighted by molar-refractivity contribution is 0.423. The van der Waals surface area contributed by atoms with Crippen molar-refractivity contribution in [2.45, 2.75) is 13.8 Å². The summed E-state index contributed by atoms with van der Waals surface area (Å²) in [5.74, 6) is 0.801. The van der Waals surface area contributed by atoms with Crippen LogP contribution in [0.3, 0.4) is 0 Å². The van der Waals surface area contributed by atoms with Crippen LogP contribution in [0.4, 0.5) is 5.82 Å². The van der Waals surface area contributed by atoms with E-state index in [1.54, 1.807) is 7.11 Å². The maximum atomic E-state index is 4.87. The third kappa shape index (κ3) is 2.20. The Labute approximate surface area is 101 Å². The van der Waals surface area contributed by atoms with Crippen LogP contribution in [0, 0.1) is 13.8 Å². The molecule has 0 amide bonds. The van der Waals surface area contributed by atoms with E-state index in [9.17, 15) is 0 Å². The van der Waals surface area contributed by atoms with Gasteiger partial charge in [-0.2, -0.15) is 5.10 Å². The minimum absolute atomic E-state index is 0.801. The lowest BCUT2D eigenvalue weighted by Crippen LogP contribution is -1.96. The number of aryl methyl sites for hydroxylation is 1. The molecule has 0 spiro atoms. The number of aromatic nitrogens is 2. The number of nitrogens with zero attached hydrogens (tertiary/aromatic N) is 3. The number of rotatable bonds is 3. The maximum Gasteiger partial charge on any atom is 0.175 e. The average molecular weight is 229 g/mol.